The van der Waals surface area contributed by atoms with Crippen LogP contribution in [0.2, 0.25) is 0 Å². The fraction of sp³-hybridized carbons (Fsp3) is 0.118. The standard InChI is InChI=1S/C17H16N4O.BrH/c1-12-19-20-16(11-18)21(12)15-10-6-5-9-14(15)17(22)13-7-3-2-4-8-13;/h2-10H,11,18H2,1H3;1H. The molecule has 0 saturated carbocycles. The van der Waals surface area contributed by atoms with Crippen molar-refractivity contribution in [2.45, 2.75) is 13.5 Å². The molecule has 1 heterocycles. The first kappa shape index (κ1) is 17.1. The summed E-state index contributed by atoms with van der Waals surface area (Å²) in [5.74, 6) is 1.30. The first-order chi connectivity index (χ1) is 10.7. The number of benzene rings is 2. The van der Waals surface area contributed by atoms with Crippen LogP contribution in [-0.2, 0) is 6.54 Å². The molecule has 2 N–H and O–H groups in total. The van der Waals surface area contributed by atoms with Gasteiger partial charge in [-0.05, 0) is 19.1 Å². The second kappa shape index (κ2) is 7.30. The average Bonchev–Trinajstić information content (AvgIpc) is 2.95. The van der Waals surface area contributed by atoms with Crippen molar-refractivity contribution in [2.75, 3.05) is 0 Å². The molecule has 1 aromatic heterocycles. The number of hydrogen-bond acceptors (Lipinski definition) is 4. The van der Waals surface area contributed by atoms with E-state index in [0.29, 0.717) is 22.8 Å². The summed E-state index contributed by atoms with van der Waals surface area (Å²) in [6, 6.07) is 16.6. The molecule has 3 aromatic rings. The first-order valence-corrected chi connectivity index (χ1v) is 7.02. The van der Waals surface area contributed by atoms with Gasteiger partial charge in [0.15, 0.2) is 11.6 Å². The van der Waals surface area contributed by atoms with Gasteiger partial charge in [-0.2, -0.15) is 0 Å². The van der Waals surface area contributed by atoms with E-state index in [1.807, 2.05) is 66.1 Å². The predicted octanol–water partition coefficient (Wildman–Crippen LogP) is 2.84. The molecule has 0 unspecified atom stereocenters. The van der Waals surface area contributed by atoms with Crippen LogP contribution < -0.4 is 5.73 Å². The normalized spacial score (nSPS) is 10.2. The van der Waals surface area contributed by atoms with Gasteiger partial charge in [0, 0.05) is 11.1 Å². The van der Waals surface area contributed by atoms with E-state index in [9.17, 15) is 4.79 Å². The molecule has 5 nitrogen and oxygen atoms in total. The number of hydrogen-bond donors (Lipinski definition) is 1. The van der Waals surface area contributed by atoms with Crippen molar-refractivity contribution in [3.05, 3.63) is 77.4 Å². The third kappa shape index (κ3) is 3.23. The van der Waals surface area contributed by atoms with E-state index >= 15 is 0 Å². The number of para-hydroxylation sites is 1. The van der Waals surface area contributed by atoms with Gasteiger partial charge in [0.2, 0.25) is 0 Å². The maximum atomic E-state index is 12.8. The SMILES string of the molecule is Br.Cc1nnc(CN)n1-c1ccccc1C(=O)c1ccccc1. The molecule has 0 aliphatic heterocycles. The maximum Gasteiger partial charge on any atom is 0.195 e. The van der Waals surface area contributed by atoms with E-state index in [1.165, 1.54) is 0 Å². The zero-order chi connectivity index (χ0) is 15.5. The van der Waals surface area contributed by atoms with Crippen LogP contribution in [0.5, 0.6) is 0 Å². The summed E-state index contributed by atoms with van der Waals surface area (Å²) in [4.78, 5) is 12.8. The van der Waals surface area contributed by atoms with Crippen molar-refractivity contribution < 1.29 is 4.79 Å². The third-order valence-corrected chi connectivity index (χ3v) is 3.50. The Morgan fingerprint density at radius 1 is 1.04 bits per heavy atom. The quantitative estimate of drug-likeness (QED) is 0.714. The zero-order valence-electron chi connectivity index (χ0n) is 12.6. The lowest BCUT2D eigenvalue weighted by Gasteiger charge is -2.12. The Morgan fingerprint density at radius 2 is 1.70 bits per heavy atom. The van der Waals surface area contributed by atoms with Crippen molar-refractivity contribution in [1.82, 2.24) is 14.8 Å². The number of nitrogens with two attached hydrogens (primary N) is 1. The van der Waals surface area contributed by atoms with Gasteiger partial charge < -0.3 is 5.73 Å². The van der Waals surface area contributed by atoms with Gasteiger partial charge in [-0.1, -0.05) is 42.5 Å². The lowest BCUT2D eigenvalue weighted by molar-refractivity contribution is 0.103. The highest BCUT2D eigenvalue weighted by molar-refractivity contribution is 8.93. The summed E-state index contributed by atoms with van der Waals surface area (Å²) in [5.41, 5.74) is 7.73. The van der Waals surface area contributed by atoms with Gasteiger partial charge in [-0.15, -0.1) is 27.2 Å². The van der Waals surface area contributed by atoms with Crippen LogP contribution in [0, 0.1) is 6.92 Å². The molecule has 0 bridgehead atoms. The largest absolute Gasteiger partial charge is 0.324 e. The number of halogens is 1. The predicted molar refractivity (Wildman–Crippen MR) is 94.2 cm³/mol. The monoisotopic (exact) mass is 372 g/mol. The molecular weight excluding hydrogens is 356 g/mol. The number of nitrogens with zero attached hydrogens (tertiary/aromatic N) is 3. The molecule has 0 radical (unpaired) electrons. The fourth-order valence-electron chi connectivity index (χ4n) is 2.46. The molecule has 23 heavy (non-hydrogen) atoms. The molecule has 0 aliphatic rings. The highest BCUT2D eigenvalue weighted by atomic mass is 79.9. The summed E-state index contributed by atoms with van der Waals surface area (Å²) >= 11 is 0. The van der Waals surface area contributed by atoms with Gasteiger partial charge in [0.25, 0.3) is 0 Å². The molecule has 0 spiro atoms. The molecule has 6 heteroatoms. The smallest absolute Gasteiger partial charge is 0.195 e. The minimum absolute atomic E-state index is 0. The van der Waals surface area contributed by atoms with Crippen LogP contribution >= 0.6 is 17.0 Å². The number of aryl methyl sites for hydroxylation is 1. The van der Waals surface area contributed by atoms with Gasteiger partial charge in [-0.3, -0.25) is 9.36 Å². The third-order valence-electron chi connectivity index (χ3n) is 3.50. The van der Waals surface area contributed by atoms with Gasteiger partial charge in [0.1, 0.15) is 5.82 Å². The number of rotatable bonds is 4. The number of carbonyl (C=O) groups is 1. The summed E-state index contributed by atoms with van der Waals surface area (Å²) in [6.07, 6.45) is 0. The Labute approximate surface area is 144 Å². The highest BCUT2D eigenvalue weighted by Gasteiger charge is 2.18. The molecule has 118 valence electrons. The summed E-state index contributed by atoms with van der Waals surface area (Å²) in [5, 5.41) is 8.12. The highest BCUT2D eigenvalue weighted by Crippen LogP contribution is 2.21. The second-order valence-electron chi connectivity index (χ2n) is 4.92. The molecule has 0 aliphatic carbocycles. The van der Waals surface area contributed by atoms with Crippen molar-refractivity contribution in [2.24, 2.45) is 5.73 Å². The van der Waals surface area contributed by atoms with Crippen molar-refractivity contribution >= 4 is 22.8 Å². The molecule has 2 aromatic carbocycles. The van der Waals surface area contributed by atoms with E-state index in [4.69, 9.17) is 5.73 Å². The number of aromatic nitrogens is 3. The molecule has 0 amide bonds. The van der Waals surface area contributed by atoms with Crippen molar-refractivity contribution in [3.63, 3.8) is 0 Å². The van der Waals surface area contributed by atoms with Crippen LogP contribution in [0.4, 0.5) is 0 Å². The van der Waals surface area contributed by atoms with E-state index in [0.717, 1.165) is 5.69 Å². The summed E-state index contributed by atoms with van der Waals surface area (Å²) < 4.78 is 1.83. The first-order valence-electron chi connectivity index (χ1n) is 7.02. The lowest BCUT2D eigenvalue weighted by Crippen LogP contribution is -2.12. The summed E-state index contributed by atoms with van der Waals surface area (Å²) in [6.45, 7) is 2.10. The van der Waals surface area contributed by atoms with Crippen LogP contribution in [0.15, 0.2) is 54.6 Å². The van der Waals surface area contributed by atoms with Crippen LogP contribution in [-0.4, -0.2) is 20.5 Å². The topological polar surface area (TPSA) is 73.8 Å². The van der Waals surface area contributed by atoms with Gasteiger partial charge in [-0.25, -0.2) is 0 Å². The van der Waals surface area contributed by atoms with Crippen molar-refractivity contribution in [1.29, 1.82) is 0 Å². The lowest BCUT2D eigenvalue weighted by atomic mass is 10.0. The molecule has 3 rings (SSSR count). The van der Waals surface area contributed by atoms with Gasteiger partial charge >= 0.3 is 0 Å². The molecule has 0 fully saturated rings. The van der Waals surface area contributed by atoms with Gasteiger partial charge in [0.05, 0.1) is 12.2 Å². The van der Waals surface area contributed by atoms with E-state index in [1.54, 1.807) is 0 Å². The van der Waals surface area contributed by atoms with Crippen LogP contribution in [0.1, 0.15) is 27.6 Å². The number of carbonyl (C=O) groups excluding carboxylic acids is 1. The maximum absolute atomic E-state index is 12.8. The zero-order valence-corrected chi connectivity index (χ0v) is 14.4. The molecule has 0 saturated heterocycles. The second-order valence-corrected chi connectivity index (χ2v) is 4.92. The van der Waals surface area contributed by atoms with Crippen LogP contribution in [0.3, 0.4) is 0 Å². The average molecular weight is 373 g/mol. The van der Waals surface area contributed by atoms with E-state index in [2.05, 4.69) is 10.2 Å². The van der Waals surface area contributed by atoms with E-state index < -0.39 is 0 Å². The molecular formula is C17H17BrN4O. The Balaban J connectivity index is 0.00000192. The van der Waals surface area contributed by atoms with Crippen molar-refractivity contribution in [3.8, 4) is 5.69 Å². The minimum atomic E-state index is -0.0349. The summed E-state index contributed by atoms with van der Waals surface area (Å²) in [7, 11) is 0. The van der Waals surface area contributed by atoms with E-state index in [-0.39, 0.29) is 29.3 Å². The minimum Gasteiger partial charge on any atom is -0.324 e. The Hall–Kier alpha value is -2.31. The Kier molecular flexibility index (Phi) is 5.41. The molecule has 0 atom stereocenters. The Bertz CT molecular complexity index is 814. The number of ketones is 1. The fourth-order valence-corrected chi connectivity index (χ4v) is 2.46. The Morgan fingerprint density at radius 3 is 2.39 bits per heavy atom. The van der Waals surface area contributed by atoms with Crippen LogP contribution in [0.25, 0.3) is 5.69 Å².